The van der Waals surface area contributed by atoms with Gasteiger partial charge in [-0.3, -0.25) is 4.79 Å². The lowest BCUT2D eigenvalue weighted by atomic mass is 10.1. The molecule has 1 heterocycles. The number of aryl methyl sites for hydroxylation is 1. The van der Waals surface area contributed by atoms with E-state index in [-0.39, 0.29) is 5.91 Å². The quantitative estimate of drug-likeness (QED) is 0.812. The highest BCUT2D eigenvalue weighted by molar-refractivity contribution is 5.81. The van der Waals surface area contributed by atoms with Gasteiger partial charge in [-0.05, 0) is 29.5 Å². The van der Waals surface area contributed by atoms with Crippen molar-refractivity contribution < 1.29 is 4.79 Å². The maximum atomic E-state index is 10.8. The smallest absolute Gasteiger partial charge is 0.217 e. The van der Waals surface area contributed by atoms with Crippen LogP contribution in [0.2, 0.25) is 0 Å². The number of fused-ring (bicyclic) bond motifs is 1. The van der Waals surface area contributed by atoms with Gasteiger partial charge in [0.1, 0.15) is 0 Å². The highest BCUT2D eigenvalue weighted by atomic mass is 16.1. The van der Waals surface area contributed by atoms with Crippen molar-refractivity contribution >= 4 is 16.8 Å². The summed E-state index contributed by atoms with van der Waals surface area (Å²) in [6.07, 6.45) is 1.04. The molecule has 0 atom stereocenters. The minimum atomic E-state index is -0.00657. The molecule has 0 unspecified atom stereocenters. The van der Waals surface area contributed by atoms with Crippen LogP contribution in [-0.2, 0) is 17.8 Å². The van der Waals surface area contributed by atoms with Crippen LogP contribution < -0.4 is 5.32 Å². The van der Waals surface area contributed by atoms with Gasteiger partial charge in [0.05, 0.1) is 6.54 Å². The van der Waals surface area contributed by atoms with Crippen molar-refractivity contribution in [1.29, 1.82) is 0 Å². The van der Waals surface area contributed by atoms with E-state index >= 15 is 0 Å². The van der Waals surface area contributed by atoms with Gasteiger partial charge >= 0.3 is 0 Å². The first-order valence-electron chi connectivity index (χ1n) is 5.54. The van der Waals surface area contributed by atoms with E-state index in [1.165, 1.54) is 17.9 Å². The van der Waals surface area contributed by atoms with Gasteiger partial charge in [0.15, 0.2) is 0 Å². The van der Waals surface area contributed by atoms with E-state index in [0.717, 1.165) is 17.6 Å². The van der Waals surface area contributed by atoms with Crippen LogP contribution in [0.25, 0.3) is 10.9 Å². The van der Waals surface area contributed by atoms with E-state index in [1.807, 2.05) is 0 Å². The monoisotopic (exact) mass is 216 g/mol. The third kappa shape index (κ3) is 2.24. The fourth-order valence-corrected chi connectivity index (χ4v) is 1.77. The molecule has 3 heteroatoms. The van der Waals surface area contributed by atoms with Gasteiger partial charge in [0.25, 0.3) is 0 Å². The molecule has 0 aliphatic rings. The number of rotatable bonds is 3. The number of hydrogen-bond donors (Lipinski definition) is 2. The number of benzene rings is 1. The molecule has 2 N–H and O–H groups in total. The number of hydrogen-bond acceptors (Lipinski definition) is 1. The van der Waals surface area contributed by atoms with Crippen LogP contribution in [0, 0.1) is 0 Å². The van der Waals surface area contributed by atoms with E-state index in [2.05, 4.69) is 41.5 Å². The normalized spacial score (nSPS) is 10.6. The first kappa shape index (κ1) is 10.7. The zero-order valence-electron chi connectivity index (χ0n) is 9.63. The fraction of sp³-hybridized carbons (Fsp3) is 0.308. The average molecular weight is 216 g/mol. The van der Waals surface area contributed by atoms with Gasteiger partial charge in [-0.25, -0.2) is 0 Å². The van der Waals surface area contributed by atoms with Crippen LogP contribution in [0.4, 0.5) is 0 Å². The maximum Gasteiger partial charge on any atom is 0.217 e. The lowest BCUT2D eigenvalue weighted by Crippen LogP contribution is -2.18. The minimum absolute atomic E-state index is 0.00657. The Hall–Kier alpha value is -1.77. The van der Waals surface area contributed by atoms with E-state index in [1.54, 1.807) is 0 Å². The van der Waals surface area contributed by atoms with Crippen LogP contribution >= 0.6 is 0 Å². The standard InChI is InChI=1S/C13H16N2O/c1-3-10-4-5-11-7-12(8-14-9(2)16)15-13(11)6-10/h4-7,15H,3,8H2,1-2H3,(H,14,16). The Bertz CT molecular complexity index is 514. The van der Waals surface area contributed by atoms with Crippen molar-refractivity contribution in [2.75, 3.05) is 0 Å². The van der Waals surface area contributed by atoms with Gasteiger partial charge in [-0.15, -0.1) is 0 Å². The molecule has 84 valence electrons. The van der Waals surface area contributed by atoms with E-state index in [0.29, 0.717) is 6.54 Å². The van der Waals surface area contributed by atoms with Gasteiger partial charge in [-0.2, -0.15) is 0 Å². The molecule has 1 aromatic heterocycles. The van der Waals surface area contributed by atoms with Gasteiger partial charge in [-0.1, -0.05) is 19.1 Å². The van der Waals surface area contributed by atoms with E-state index < -0.39 is 0 Å². The number of nitrogens with one attached hydrogen (secondary N) is 2. The highest BCUT2D eigenvalue weighted by Gasteiger charge is 2.01. The molecule has 0 saturated heterocycles. The first-order chi connectivity index (χ1) is 7.69. The number of aromatic nitrogens is 1. The zero-order chi connectivity index (χ0) is 11.5. The molecule has 0 saturated carbocycles. The molecular weight excluding hydrogens is 200 g/mol. The summed E-state index contributed by atoms with van der Waals surface area (Å²) in [6, 6.07) is 8.48. The van der Waals surface area contributed by atoms with Crippen molar-refractivity contribution in [2.45, 2.75) is 26.8 Å². The predicted molar refractivity (Wildman–Crippen MR) is 65.2 cm³/mol. The molecule has 2 aromatic rings. The average Bonchev–Trinajstić information content (AvgIpc) is 2.67. The van der Waals surface area contributed by atoms with Crippen LogP contribution in [0.5, 0.6) is 0 Å². The zero-order valence-corrected chi connectivity index (χ0v) is 9.63. The van der Waals surface area contributed by atoms with Crippen molar-refractivity contribution in [3.8, 4) is 0 Å². The third-order valence-corrected chi connectivity index (χ3v) is 2.68. The fourth-order valence-electron chi connectivity index (χ4n) is 1.77. The molecule has 0 fully saturated rings. The lowest BCUT2D eigenvalue weighted by molar-refractivity contribution is -0.119. The predicted octanol–water partition coefficient (Wildman–Crippen LogP) is 2.37. The Morgan fingerprint density at radius 1 is 1.38 bits per heavy atom. The van der Waals surface area contributed by atoms with Crippen molar-refractivity contribution in [3.63, 3.8) is 0 Å². The number of carbonyl (C=O) groups excluding carboxylic acids is 1. The summed E-state index contributed by atoms with van der Waals surface area (Å²) in [7, 11) is 0. The second-order valence-electron chi connectivity index (χ2n) is 3.98. The molecule has 2 rings (SSSR count). The van der Waals surface area contributed by atoms with Crippen LogP contribution in [0.15, 0.2) is 24.3 Å². The first-order valence-corrected chi connectivity index (χ1v) is 5.54. The van der Waals surface area contributed by atoms with Crippen LogP contribution in [0.1, 0.15) is 25.1 Å². The van der Waals surface area contributed by atoms with E-state index in [4.69, 9.17) is 0 Å². The molecule has 3 nitrogen and oxygen atoms in total. The molecule has 16 heavy (non-hydrogen) atoms. The number of carbonyl (C=O) groups is 1. The second kappa shape index (κ2) is 4.39. The SMILES string of the molecule is CCc1ccc2cc(CNC(C)=O)[nH]c2c1. The summed E-state index contributed by atoms with van der Waals surface area (Å²) in [5.41, 5.74) is 3.50. The van der Waals surface area contributed by atoms with Crippen LogP contribution in [-0.4, -0.2) is 10.9 Å². The molecule has 0 spiro atoms. The Morgan fingerprint density at radius 2 is 2.19 bits per heavy atom. The Kier molecular flexibility index (Phi) is 2.95. The maximum absolute atomic E-state index is 10.8. The Morgan fingerprint density at radius 3 is 2.88 bits per heavy atom. The summed E-state index contributed by atoms with van der Waals surface area (Å²) in [6.45, 7) is 4.23. The Balaban J connectivity index is 2.25. The van der Waals surface area contributed by atoms with Gasteiger partial charge < -0.3 is 10.3 Å². The van der Waals surface area contributed by atoms with Crippen molar-refractivity contribution in [3.05, 3.63) is 35.5 Å². The second-order valence-corrected chi connectivity index (χ2v) is 3.98. The summed E-state index contributed by atoms with van der Waals surface area (Å²) in [4.78, 5) is 14.1. The topological polar surface area (TPSA) is 44.9 Å². The van der Waals surface area contributed by atoms with E-state index in [9.17, 15) is 4.79 Å². The highest BCUT2D eigenvalue weighted by Crippen LogP contribution is 2.17. The number of H-pyrrole nitrogens is 1. The number of amides is 1. The third-order valence-electron chi connectivity index (χ3n) is 2.68. The van der Waals surface area contributed by atoms with Crippen LogP contribution in [0.3, 0.4) is 0 Å². The van der Waals surface area contributed by atoms with Crippen molar-refractivity contribution in [2.24, 2.45) is 0 Å². The summed E-state index contributed by atoms with van der Waals surface area (Å²) in [5, 5.41) is 3.97. The number of aromatic amines is 1. The molecule has 0 aliphatic heterocycles. The van der Waals surface area contributed by atoms with Crippen molar-refractivity contribution in [1.82, 2.24) is 10.3 Å². The van der Waals surface area contributed by atoms with Gasteiger partial charge in [0, 0.05) is 18.1 Å². The molecule has 0 aliphatic carbocycles. The molecular formula is C13H16N2O. The largest absolute Gasteiger partial charge is 0.357 e. The Labute approximate surface area is 94.9 Å². The minimum Gasteiger partial charge on any atom is -0.357 e. The molecule has 1 amide bonds. The lowest BCUT2D eigenvalue weighted by Gasteiger charge is -1.97. The summed E-state index contributed by atoms with van der Waals surface area (Å²) in [5.74, 6) is -0.00657. The molecule has 1 aromatic carbocycles. The molecule has 0 radical (unpaired) electrons. The molecule has 0 bridgehead atoms. The summed E-state index contributed by atoms with van der Waals surface area (Å²) >= 11 is 0. The summed E-state index contributed by atoms with van der Waals surface area (Å²) < 4.78 is 0. The van der Waals surface area contributed by atoms with Gasteiger partial charge in [0.2, 0.25) is 5.91 Å².